The van der Waals surface area contributed by atoms with Crippen molar-refractivity contribution in [3.05, 3.63) is 22.1 Å². The molecule has 10 heteroatoms. The molecule has 0 spiro atoms. The zero-order valence-electron chi connectivity index (χ0n) is 16.1. The van der Waals surface area contributed by atoms with Crippen LogP contribution in [0.2, 0.25) is 25.7 Å². The van der Waals surface area contributed by atoms with Crippen molar-refractivity contribution >= 4 is 13.8 Å². The summed E-state index contributed by atoms with van der Waals surface area (Å²) in [7, 11) is -1.33. The molecule has 0 amide bonds. The third-order valence-electron chi connectivity index (χ3n) is 4.67. The van der Waals surface area contributed by atoms with Gasteiger partial charge in [0.25, 0.3) is 5.56 Å². The van der Waals surface area contributed by atoms with Crippen molar-refractivity contribution in [1.82, 2.24) is 9.78 Å². The van der Waals surface area contributed by atoms with E-state index in [1.807, 2.05) is 0 Å². The molecule has 0 aromatic carbocycles. The van der Waals surface area contributed by atoms with Crippen molar-refractivity contribution in [2.75, 3.05) is 24.7 Å². The molecule has 0 bridgehead atoms. The zero-order chi connectivity index (χ0) is 20.2. The molecule has 1 aliphatic heterocycles. The molecule has 1 aromatic rings. The second-order valence-electron chi connectivity index (χ2n) is 8.06. The van der Waals surface area contributed by atoms with Crippen LogP contribution in [0, 0.1) is 0 Å². The third kappa shape index (κ3) is 5.79. The van der Waals surface area contributed by atoms with Gasteiger partial charge in [0.1, 0.15) is 12.3 Å². The van der Waals surface area contributed by atoms with Crippen LogP contribution in [0.1, 0.15) is 24.8 Å². The standard InChI is InChI=1S/C17H28F3N3O3Si/c1-27(2,3)10-9-26-12-23-16(25)15(17(18,19)20)14(11-21-23)22-7-4-5-13(22)6-8-24/h11,13,24H,4-10,12H2,1-3H3. The van der Waals surface area contributed by atoms with Crippen molar-refractivity contribution in [3.8, 4) is 0 Å². The Morgan fingerprint density at radius 2 is 2.07 bits per heavy atom. The Morgan fingerprint density at radius 3 is 2.67 bits per heavy atom. The van der Waals surface area contributed by atoms with Crippen LogP contribution in [0.5, 0.6) is 0 Å². The number of aromatic nitrogens is 2. The lowest BCUT2D eigenvalue weighted by Crippen LogP contribution is -2.38. The lowest BCUT2D eigenvalue weighted by molar-refractivity contribution is -0.138. The van der Waals surface area contributed by atoms with Crippen LogP contribution in [0.15, 0.2) is 11.0 Å². The van der Waals surface area contributed by atoms with E-state index in [-0.39, 0.29) is 25.1 Å². The second kappa shape index (κ2) is 8.74. The molecule has 1 saturated heterocycles. The highest BCUT2D eigenvalue weighted by molar-refractivity contribution is 6.76. The number of rotatable bonds is 8. The van der Waals surface area contributed by atoms with Crippen LogP contribution in [0.25, 0.3) is 0 Å². The van der Waals surface area contributed by atoms with E-state index in [1.165, 1.54) is 0 Å². The summed E-state index contributed by atoms with van der Waals surface area (Å²) in [6.07, 6.45) is -1.94. The maximum Gasteiger partial charge on any atom is 0.423 e. The van der Waals surface area contributed by atoms with Gasteiger partial charge in [-0.25, -0.2) is 4.68 Å². The van der Waals surface area contributed by atoms with Gasteiger partial charge >= 0.3 is 6.18 Å². The Hall–Kier alpha value is -1.39. The predicted molar refractivity (Wildman–Crippen MR) is 99.7 cm³/mol. The fourth-order valence-corrected chi connectivity index (χ4v) is 3.94. The maximum atomic E-state index is 13.6. The van der Waals surface area contributed by atoms with Crippen molar-refractivity contribution in [1.29, 1.82) is 0 Å². The topological polar surface area (TPSA) is 67.6 Å². The molecule has 0 radical (unpaired) electrons. The smallest absolute Gasteiger partial charge is 0.396 e. The van der Waals surface area contributed by atoms with E-state index < -0.39 is 25.4 Å². The number of aliphatic hydroxyl groups is 1. The first-order valence-corrected chi connectivity index (χ1v) is 12.9. The summed E-state index contributed by atoms with van der Waals surface area (Å²) < 4.78 is 47.1. The highest BCUT2D eigenvalue weighted by Crippen LogP contribution is 2.37. The molecule has 1 N–H and O–H groups in total. The number of anilines is 1. The van der Waals surface area contributed by atoms with Crippen LogP contribution in [0.3, 0.4) is 0 Å². The highest BCUT2D eigenvalue weighted by atomic mass is 28.3. The summed E-state index contributed by atoms with van der Waals surface area (Å²) >= 11 is 0. The number of hydrogen-bond donors (Lipinski definition) is 1. The van der Waals surface area contributed by atoms with Crippen LogP contribution in [-0.2, 0) is 17.6 Å². The Labute approximate surface area is 157 Å². The Bertz CT molecular complexity index is 689. The van der Waals surface area contributed by atoms with Crippen LogP contribution < -0.4 is 10.5 Å². The normalized spacial score (nSPS) is 18.3. The highest BCUT2D eigenvalue weighted by Gasteiger charge is 2.41. The molecule has 1 aliphatic rings. The van der Waals surface area contributed by atoms with Gasteiger partial charge in [0.15, 0.2) is 0 Å². The average molecular weight is 408 g/mol. The first-order valence-electron chi connectivity index (χ1n) is 9.17. The van der Waals surface area contributed by atoms with E-state index in [0.29, 0.717) is 32.4 Å². The molecular weight excluding hydrogens is 379 g/mol. The molecule has 6 nitrogen and oxygen atoms in total. The number of ether oxygens (including phenoxy) is 1. The van der Waals surface area contributed by atoms with E-state index in [0.717, 1.165) is 16.9 Å². The van der Waals surface area contributed by atoms with Gasteiger partial charge in [-0.1, -0.05) is 19.6 Å². The largest absolute Gasteiger partial charge is 0.423 e. The lowest BCUT2D eigenvalue weighted by atomic mass is 10.1. The molecule has 154 valence electrons. The van der Waals surface area contributed by atoms with Gasteiger partial charge in [-0.05, 0) is 25.3 Å². The van der Waals surface area contributed by atoms with Gasteiger partial charge in [-0.15, -0.1) is 0 Å². The average Bonchev–Trinajstić information content (AvgIpc) is 2.99. The van der Waals surface area contributed by atoms with Gasteiger partial charge in [-0.3, -0.25) is 4.79 Å². The zero-order valence-corrected chi connectivity index (χ0v) is 17.1. The van der Waals surface area contributed by atoms with Gasteiger partial charge in [0, 0.05) is 33.9 Å². The Kier molecular flexibility index (Phi) is 7.09. The predicted octanol–water partition coefficient (Wildman–Crippen LogP) is 2.93. The molecule has 27 heavy (non-hydrogen) atoms. The fourth-order valence-electron chi connectivity index (χ4n) is 3.19. The van der Waals surface area contributed by atoms with E-state index >= 15 is 0 Å². The summed E-state index contributed by atoms with van der Waals surface area (Å²) in [5.41, 5.74) is -2.61. The number of alkyl halides is 3. The van der Waals surface area contributed by atoms with Crippen LogP contribution >= 0.6 is 0 Å². The molecule has 1 fully saturated rings. The van der Waals surface area contributed by atoms with Gasteiger partial charge in [0.05, 0.1) is 11.9 Å². The number of hydrogen-bond acceptors (Lipinski definition) is 5. The number of aliphatic hydroxyl groups excluding tert-OH is 1. The van der Waals surface area contributed by atoms with Crippen molar-refractivity contribution in [3.63, 3.8) is 0 Å². The molecule has 1 atom stereocenters. The minimum absolute atomic E-state index is 0.113. The molecule has 2 heterocycles. The quantitative estimate of drug-likeness (QED) is 0.530. The lowest BCUT2D eigenvalue weighted by Gasteiger charge is -2.28. The van der Waals surface area contributed by atoms with Crippen LogP contribution in [0.4, 0.5) is 18.9 Å². The van der Waals surface area contributed by atoms with Crippen molar-refractivity contribution in [2.45, 2.75) is 63.9 Å². The Balaban J connectivity index is 2.27. The molecular formula is C17H28F3N3O3Si. The summed E-state index contributed by atoms with van der Waals surface area (Å²) in [4.78, 5) is 14.0. The Morgan fingerprint density at radius 1 is 1.37 bits per heavy atom. The summed E-state index contributed by atoms with van der Waals surface area (Å²) in [5.74, 6) is 0. The van der Waals surface area contributed by atoms with Crippen molar-refractivity contribution < 1.29 is 23.0 Å². The third-order valence-corrected chi connectivity index (χ3v) is 6.37. The first kappa shape index (κ1) is 21.9. The molecule has 0 saturated carbocycles. The number of nitrogens with zero attached hydrogens (tertiary/aromatic N) is 3. The SMILES string of the molecule is C[Si](C)(C)CCOCn1ncc(N2CCCC2CCO)c(C(F)(F)F)c1=O. The van der Waals surface area contributed by atoms with E-state index in [9.17, 15) is 18.0 Å². The maximum absolute atomic E-state index is 13.6. The molecule has 2 rings (SSSR count). The molecule has 1 aromatic heterocycles. The monoisotopic (exact) mass is 407 g/mol. The van der Waals surface area contributed by atoms with E-state index in [4.69, 9.17) is 9.84 Å². The molecule has 0 aliphatic carbocycles. The van der Waals surface area contributed by atoms with E-state index in [2.05, 4.69) is 24.7 Å². The summed E-state index contributed by atoms with van der Waals surface area (Å²) in [5, 5.41) is 13.1. The van der Waals surface area contributed by atoms with Crippen LogP contribution in [-0.4, -0.2) is 48.8 Å². The van der Waals surface area contributed by atoms with E-state index in [1.54, 1.807) is 4.90 Å². The summed E-state index contributed by atoms with van der Waals surface area (Å²) in [6.45, 7) is 6.87. The first-order chi connectivity index (χ1) is 12.5. The minimum atomic E-state index is -4.79. The van der Waals surface area contributed by atoms with Gasteiger partial charge < -0.3 is 14.7 Å². The summed E-state index contributed by atoms with van der Waals surface area (Å²) in [6, 6.07) is 0.629. The van der Waals surface area contributed by atoms with Gasteiger partial charge in [0.2, 0.25) is 0 Å². The minimum Gasteiger partial charge on any atom is -0.396 e. The van der Waals surface area contributed by atoms with Crippen molar-refractivity contribution in [2.24, 2.45) is 0 Å². The number of halogens is 3. The fraction of sp³-hybridized carbons (Fsp3) is 0.765. The molecule has 1 unspecified atom stereocenters. The van der Waals surface area contributed by atoms with Gasteiger partial charge in [-0.2, -0.15) is 18.3 Å². The second-order valence-corrected chi connectivity index (χ2v) is 13.7.